The van der Waals surface area contributed by atoms with Gasteiger partial charge in [0, 0.05) is 12.7 Å². The standard InChI is InChI=1S/C11H16O3/c1-13-11(5-2-3-6-11)10(12)9-4-7-14-8-9/h4,7-8,10,12H,2-3,5-6H2,1H3. The molecule has 0 aromatic carbocycles. The summed E-state index contributed by atoms with van der Waals surface area (Å²) in [5.41, 5.74) is 0.429. The van der Waals surface area contributed by atoms with Gasteiger partial charge in [-0.1, -0.05) is 12.8 Å². The zero-order valence-corrected chi connectivity index (χ0v) is 8.40. The molecule has 0 aliphatic heterocycles. The number of hydrogen-bond acceptors (Lipinski definition) is 3. The van der Waals surface area contributed by atoms with Crippen molar-refractivity contribution in [3.63, 3.8) is 0 Å². The van der Waals surface area contributed by atoms with Crippen LogP contribution in [0, 0.1) is 0 Å². The van der Waals surface area contributed by atoms with E-state index < -0.39 is 6.10 Å². The van der Waals surface area contributed by atoms with Crippen molar-refractivity contribution in [2.75, 3.05) is 7.11 Å². The van der Waals surface area contributed by atoms with Crippen LogP contribution in [0.4, 0.5) is 0 Å². The van der Waals surface area contributed by atoms with Crippen LogP contribution in [-0.2, 0) is 4.74 Å². The first kappa shape index (κ1) is 9.74. The summed E-state index contributed by atoms with van der Waals surface area (Å²) < 4.78 is 10.5. The first-order valence-corrected chi connectivity index (χ1v) is 5.04. The molecule has 14 heavy (non-hydrogen) atoms. The highest BCUT2D eigenvalue weighted by atomic mass is 16.5. The second-order valence-electron chi connectivity index (χ2n) is 3.94. The first-order valence-electron chi connectivity index (χ1n) is 5.04. The molecule has 1 saturated carbocycles. The maximum atomic E-state index is 10.2. The lowest BCUT2D eigenvalue weighted by atomic mass is 9.90. The van der Waals surface area contributed by atoms with Crippen molar-refractivity contribution in [3.8, 4) is 0 Å². The van der Waals surface area contributed by atoms with E-state index in [0.29, 0.717) is 0 Å². The molecule has 1 heterocycles. The van der Waals surface area contributed by atoms with Crippen molar-refractivity contribution in [2.24, 2.45) is 0 Å². The Morgan fingerprint density at radius 1 is 1.50 bits per heavy atom. The highest BCUT2D eigenvalue weighted by molar-refractivity contribution is 5.15. The van der Waals surface area contributed by atoms with Gasteiger partial charge in [-0.3, -0.25) is 0 Å². The van der Waals surface area contributed by atoms with Crippen LogP contribution in [0.3, 0.4) is 0 Å². The molecule has 1 atom stereocenters. The molecule has 2 rings (SSSR count). The fourth-order valence-electron chi connectivity index (χ4n) is 2.30. The maximum Gasteiger partial charge on any atom is 0.111 e. The molecule has 0 saturated heterocycles. The Hall–Kier alpha value is -0.800. The molecule has 0 radical (unpaired) electrons. The van der Waals surface area contributed by atoms with E-state index in [-0.39, 0.29) is 5.60 Å². The van der Waals surface area contributed by atoms with Crippen LogP contribution >= 0.6 is 0 Å². The first-order chi connectivity index (χ1) is 6.78. The van der Waals surface area contributed by atoms with Gasteiger partial charge < -0.3 is 14.3 Å². The van der Waals surface area contributed by atoms with Gasteiger partial charge in [0.25, 0.3) is 0 Å². The lowest BCUT2D eigenvalue weighted by molar-refractivity contribution is -0.100. The quantitative estimate of drug-likeness (QED) is 0.806. The molecule has 0 bridgehead atoms. The second kappa shape index (κ2) is 3.75. The van der Waals surface area contributed by atoms with Gasteiger partial charge in [-0.2, -0.15) is 0 Å². The Bertz CT molecular complexity index is 273. The Kier molecular flexibility index (Phi) is 2.61. The second-order valence-corrected chi connectivity index (χ2v) is 3.94. The van der Waals surface area contributed by atoms with Crippen molar-refractivity contribution in [1.29, 1.82) is 0 Å². The van der Waals surface area contributed by atoms with E-state index >= 15 is 0 Å². The molecule has 1 aliphatic carbocycles. The number of methoxy groups -OCH3 is 1. The molecule has 0 amide bonds. The third kappa shape index (κ3) is 1.47. The van der Waals surface area contributed by atoms with Crippen LogP contribution in [0.15, 0.2) is 23.0 Å². The van der Waals surface area contributed by atoms with Gasteiger partial charge in [0.2, 0.25) is 0 Å². The number of furan rings is 1. The SMILES string of the molecule is COC1(C(O)c2ccoc2)CCCC1. The van der Waals surface area contributed by atoms with E-state index in [9.17, 15) is 5.11 Å². The smallest absolute Gasteiger partial charge is 0.111 e. The molecule has 1 aliphatic rings. The number of hydrogen-bond donors (Lipinski definition) is 1. The predicted molar refractivity (Wildman–Crippen MR) is 51.9 cm³/mol. The zero-order valence-electron chi connectivity index (χ0n) is 8.40. The number of ether oxygens (including phenoxy) is 1. The van der Waals surface area contributed by atoms with E-state index in [4.69, 9.17) is 9.15 Å². The number of aliphatic hydroxyl groups excluding tert-OH is 1. The van der Waals surface area contributed by atoms with Gasteiger partial charge in [-0.05, 0) is 18.9 Å². The van der Waals surface area contributed by atoms with E-state index in [1.54, 1.807) is 25.7 Å². The zero-order chi connectivity index (χ0) is 10.0. The van der Waals surface area contributed by atoms with Gasteiger partial charge in [0.05, 0.1) is 18.1 Å². The minimum Gasteiger partial charge on any atom is -0.472 e. The summed E-state index contributed by atoms with van der Waals surface area (Å²) in [4.78, 5) is 0. The number of rotatable bonds is 3. The van der Waals surface area contributed by atoms with Gasteiger partial charge >= 0.3 is 0 Å². The lowest BCUT2D eigenvalue weighted by Gasteiger charge is -2.32. The molecule has 1 unspecified atom stereocenters. The lowest BCUT2D eigenvalue weighted by Crippen LogP contribution is -2.35. The summed E-state index contributed by atoms with van der Waals surface area (Å²) in [7, 11) is 1.68. The van der Waals surface area contributed by atoms with Crippen LogP contribution in [0.1, 0.15) is 37.4 Å². The largest absolute Gasteiger partial charge is 0.472 e. The van der Waals surface area contributed by atoms with Crippen LogP contribution in [0.5, 0.6) is 0 Å². The molecule has 1 fully saturated rings. The van der Waals surface area contributed by atoms with E-state index in [1.807, 2.05) is 0 Å². The van der Waals surface area contributed by atoms with Gasteiger partial charge in [0.15, 0.2) is 0 Å². The Morgan fingerprint density at radius 3 is 2.71 bits per heavy atom. The normalized spacial score (nSPS) is 22.4. The summed E-state index contributed by atoms with van der Waals surface area (Å²) in [6.45, 7) is 0. The number of aliphatic hydroxyl groups is 1. The minimum atomic E-state index is -0.561. The summed E-state index contributed by atoms with van der Waals surface area (Å²) in [6, 6.07) is 1.80. The molecular weight excluding hydrogens is 180 g/mol. The molecule has 1 aromatic rings. The molecule has 3 heteroatoms. The van der Waals surface area contributed by atoms with Crippen LogP contribution < -0.4 is 0 Å². The highest BCUT2D eigenvalue weighted by Gasteiger charge is 2.41. The summed E-state index contributed by atoms with van der Waals surface area (Å²) in [6.07, 6.45) is 6.71. The van der Waals surface area contributed by atoms with Crippen LogP contribution in [-0.4, -0.2) is 17.8 Å². The average Bonchev–Trinajstić information content (AvgIpc) is 2.89. The fourth-order valence-corrected chi connectivity index (χ4v) is 2.30. The third-order valence-corrected chi connectivity index (χ3v) is 3.21. The van der Waals surface area contributed by atoms with E-state index in [1.165, 1.54) is 0 Å². The molecule has 3 nitrogen and oxygen atoms in total. The van der Waals surface area contributed by atoms with Crippen LogP contribution in [0.2, 0.25) is 0 Å². The molecule has 0 spiro atoms. The predicted octanol–water partition coefficient (Wildman–Crippen LogP) is 2.27. The van der Waals surface area contributed by atoms with Crippen LogP contribution in [0.25, 0.3) is 0 Å². The summed E-state index contributed by atoms with van der Waals surface area (Å²) >= 11 is 0. The average molecular weight is 196 g/mol. The van der Waals surface area contributed by atoms with Crippen molar-refractivity contribution < 1.29 is 14.3 Å². The van der Waals surface area contributed by atoms with Crippen molar-refractivity contribution in [1.82, 2.24) is 0 Å². The van der Waals surface area contributed by atoms with Gasteiger partial charge in [0.1, 0.15) is 6.10 Å². The summed E-state index contributed by atoms with van der Waals surface area (Å²) in [5, 5.41) is 10.2. The van der Waals surface area contributed by atoms with Crippen molar-refractivity contribution in [3.05, 3.63) is 24.2 Å². The molecule has 78 valence electrons. The van der Waals surface area contributed by atoms with E-state index in [2.05, 4.69) is 0 Å². The Labute approximate surface area is 83.7 Å². The van der Waals surface area contributed by atoms with Gasteiger partial charge in [-0.15, -0.1) is 0 Å². The topological polar surface area (TPSA) is 42.6 Å². The maximum absolute atomic E-state index is 10.2. The summed E-state index contributed by atoms with van der Waals surface area (Å²) in [5.74, 6) is 0. The minimum absolute atomic E-state index is 0.385. The fraction of sp³-hybridized carbons (Fsp3) is 0.636. The Morgan fingerprint density at radius 2 is 2.21 bits per heavy atom. The molecule has 1 aromatic heterocycles. The van der Waals surface area contributed by atoms with E-state index in [0.717, 1.165) is 31.2 Å². The van der Waals surface area contributed by atoms with Gasteiger partial charge in [-0.25, -0.2) is 0 Å². The van der Waals surface area contributed by atoms with Crippen molar-refractivity contribution in [2.45, 2.75) is 37.4 Å². The third-order valence-electron chi connectivity index (χ3n) is 3.21. The Balaban J connectivity index is 2.19. The molecule has 1 N–H and O–H groups in total. The monoisotopic (exact) mass is 196 g/mol. The highest BCUT2D eigenvalue weighted by Crippen LogP contribution is 2.42. The molecular formula is C11H16O3. The van der Waals surface area contributed by atoms with Crippen molar-refractivity contribution >= 4 is 0 Å².